The molecule has 1 aliphatic carbocycles. The van der Waals surface area contributed by atoms with E-state index >= 15 is 0 Å². The summed E-state index contributed by atoms with van der Waals surface area (Å²) in [4.78, 5) is 1.57. The van der Waals surface area contributed by atoms with Crippen LogP contribution < -0.4 is 4.57 Å². The summed E-state index contributed by atoms with van der Waals surface area (Å²) in [7, 11) is 0. The number of thiazole rings is 1. The average Bonchev–Trinajstić information content (AvgIpc) is 2.66. The fourth-order valence-electron chi connectivity index (χ4n) is 1.24. The van der Waals surface area contributed by atoms with Gasteiger partial charge in [-0.1, -0.05) is 11.3 Å². The van der Waals surface area contributed by atoms with E-state index in [0.29, 0.717) is 0 Å². The lowest BCUT2D eigenvalue weighted by molar-refractivity contribution is -0.750. The maximum atomic E-state index is 2.32. The molecule has 0 aromatic carbocycles. The van der Waals surface area contributed by atoms with Gasteiger partial charge in [0.1, 0.15) is 0 Å². The van der Waals surface area contributed by atoms with Crippen molar-refractivity contribution in [2.45, 2.75) is 45.1 Å². The third kappa shape index (κ3) is 1.53. The summed E-state index contributed by atoms with van der Waals surface area (Å²) in [6.07, 6.45) is 5.14. The highest BCUT2D eigenvalue weighted by molar-refractivity contribution is 7.09. The molecule has 1 fully saturated rings. The summed E-state index contributed by atoms with van der Waals surface area (Å²) >= 11 is 1.91. The first kappa shape index (κ1) is 8.24. The molecule has 1 saturated carbocycles. The van der Waals surface area contributed by atoms with Crippen molar-refractivity contribution in [2.75, 3.05) is 0 Å². The van der Waals surface area contributed by atoms with Crippen LogP contribution in [0.5, 0.6) is 0 Å². The SMILES string of the molecule is CC(C)(C)[n+]1csc(C2CC2)c1. The highest BCUT2D eigenvalue weighted by Crippen LogP contribution is 2.41. The Hall–Kier alpha value is -0.370. The van der Waals surface area contributed by atoms with Crippen molar-refractivity contribution in [1.29, 1.82) is 0 Å². The summed E-state index contributed by atoms with van der Waals surface area (Å²) in [5.41, 5.74) is 2.50. The molecule has 66 valence electrons. The van der Waals surface area contributed by atoms with Crippen LogP contribution in [0.1, 0.15) is 44.4 Å². The Morgan fingerprint density at radius 1 is 1.42 bits per heavy atom. The Morgan fingerprint density at radius 3 is 2.50 bits per heavy atom. The molecule has 0 spiro atoms. The molecule has 1 aromatic heterocycles. The zero-order chi connectivity index (χ0) is 8.77. The molecular formula is C10H16NS+. The van der Waals surface area contributed by atoms with Crippen molar-refractivity contribution in [1.82, 2.24) is 0 Å². The van der Waals surface area contributed by atoms with Gasteiger partial charge in [-0.15, -0.1) is 0 Å². The standard InChI is InChI=1S/C10H16NS/c1-10(2,3)11-6-9(12-7-11)8-4-5-8/h6-8H,4-5H2,1-3H3/q+1. The third-order valence-electron chi connectivity index (χ3n) is 2.32. The maximum absolute atomic E-state index is 2.32. The molecule has 2 heteroatoms. The van der Waals surface area contributed by atoms with Gasteiger partial charge in [-0.05, 0) is 18.8 Å². The second kappa shape index (κ2) is 2.56. The summed E-state index contributed by atoms with van der Waals surface area (Å²) < 4.78 is 2.32. The monoisotopic (exact) mass is 182 g/mol. The van der Waals surface area contributed by atoms with Gasteiger partial charge in [0.05, 0.1) is 4.88 Å². The van der Waals surface area contributed by atoms with E-state index in [-0.39, 0.29) is 5.54 Å². The van der Waals surface area contributed by atoms with Crippen LogP contribution in [0.15, 0.2) is 11.7 Å². The van der Waals surface area contributed by atoms with Crippen LogP contribution in [0, 0.1) is 0 Å². The Kier molecular flexibility index (Phi) is 1.76. The first-order chi connectivity index (χ1) is 5.57. The van der Waals surface area contributed by atoms with E-state index in [1.54, 1.807) is 4.88 Å². The van der Waals surface area contributed by atoms with Gasteiger partial charge in [-0.25, -0.2) is 0 Å². The van der Waals surface area contributed by atoms with E-state index in [2.05, 4.69) is 37.0 Å². The molecule has 1 heterocycles. The molecule has 12 heavy (non-hydrogen) atoms. The number of aromatic nitrogens is 1. The van der Waals surface area contributed by atoms with Crippen LogP contribution in [0.4, 0.5) is 0 Å². The normalized spacial score (nSPS) is 18.2. The first-order valence-corrected chi connectivity index (χ1v) is 5.45. The summed E-state index contributed by atoms with van der Waals surface area (Å²) in [5, 5.41) is 0. The fourth-order valence-corrected chi connectivity index (χ4v) is 2.45. The molecule has 0 unspecified atom stereocenters. The Morgan fingerprint density at radius 2 is 2.08 bits per heavy atom. The molecule has 1 nitrogen and oxygen atoms in total. The average molecular weight is 182 g/mol. The van der Waals surface area contributed by atoms with E-state index in [1.165, 1.54) is 12.8 Å². The molecule has 1 aliphatic rings. The molecule has 1 aromatic rings. The fraction of sp³-hybridized carbons (Fsp3) is 0.700. The number of nitrogens with zero attached hydrogens (tertiary/aromatic N) is 1. The van der Waals surface area contributed by atoms with Gasteiger partial charge >= 0.3 is 0 Å². The first-order valence-electron chi connectivity index (χ1n) is 4.57. The topological polar surface area (TPSA) is 3.88 Å². The summed E-state index contributed by atoms with van der Waals surface area (Å²) in [6, 6.07) is 0. The largest absolute Gasteiger partial charge is 0.225 e. The van der Waals surface area contributed by atoms with Crippen LogP contribution >= 0.6 is 11.3 Å². The predicted molar refractivity (Wildman–Crippen MR) is 51.5 cm³/mol. The number of hydrogen-bond donors (Lipinski definition) is 0. The molecule has 0 aliphatic heterocycles. The van der Waals surface area contributed by atoms with Gasteiger partial charge in [0.15, 0.2) is 11.7 Å². The minimum Gasteiger partial charge on any atom is -0.191 e. The van der Waals surface area contributed by atoms with Crippen molar-refractivity contribution >= 4 is 11.3 Å². The molecular weight excluding hydrogens is 166 g/mol. The van der Waals surface area contributed by atoms with Crippen molar-refractivity contribution in [2.24, 2.45) is 0 Å². The van der Waals surface area contributed by atoms with Crippen LogP contribution in [-0.4, -0.2) is 0 Å². The van der Waals surface area contributed by atoms with Gasteiger partial charge in [0.25, 0.3) is 0 Å². The summed E-state index contributed by atoms with van der Waals surface area (Å²) in [5.74, 6) is 0.901. The van der Waals surface area contributed by atoms with Crippen LogP contribution in [0.3, 0.4) is 0 Å². The number of hydrogen-bond acceptors (Lipinski definition) is 1. The van der Waals surface area contributed by atoms with Crippen molar-refractivity contribution < 1.29 is 4.57 Å². The lowest BCUT2D eigenvalue weighted by atomic mass is 10.1. The molecule has 0 atom stereocenters. The van der Waals surface area contributed by atoms with Crippen molar-refractivity contribution in [3.8, 4) is 0 Å². The Balaban J connectivity index is 2.23. The van der Waals surface area contributed by atoms with Gasteiger partial charge in [0, 0.05) is 20.8 Å². The van der Waals surface area contributed by atoms with Crippen molar-refractivity contribution in [3.05, 3.63) is 16.6 Å². The molecule has 0 radical (unpaired) electrons. The van der Waals surface area contributed by atoms with E-state index in [1.807, 2.05) is 11.3 Å². The molecule has 0 N–H and O–H groups in total. The molecule has 0 saturated heterocycles. The van der Waals surface area contributed by atoms with Crippen LogP contribution in [0.25, 0.3) is 0 Å². The van der Waals surface area contributed by atoms with Gasteiger partial charge in [-0.2, -0.15) is 4.57 Å². The van der Waals surface area contributed by atoms with E-state index < -0.39 is 0 Å². The van der Waals surface area contributed by atoms with Crippen molar-refractivity contribution in [3.63, 3.8) is 0 Å². The minimum absolute atomic E-state index is 0.254. The minimum atomic E-state index is 0.254. The molecule has 2 rings (SSSR count). The lowest BCUT2D eigenvalue weighted by Crippen LogP contribution is -2.48. The summed E-state index contributed by atoms with van der Waals surface area (Å²) in [6.45, 7) is 6.74. The van der Waals surface area contributed by atoms with Gasteiger partial charge in [0.2, 0.25) is 5.51 Å². The second-order valence-corrected chi connectivity index (χ2v) is 5.53. The van der Waals surface area contributed by atoms with E-state index in [4.69, 9.17) is 0 Å². The highest BCUT2D eigenvalue weighted by Gasteiger charge is 2.30. The smallest absolute Gasteiger partial charge is 0.191 e. The van der Waals surface area contributed by atoms with E-state index in [9.17, 15) is 0 Å². The third-order valence-corrected chi connectivity index (χ3v) is 3.37. The lowest BCUT2D eigenvalue weighted by Gasteiger charge is -2.09. The van der Waals surface area contributed by atoms with E-state index in [0.717, 1.165) is 5.92 Å². The molecule has 0 amide bonds. The van der Waals surface area contributed by atoms with Crippen LogP contribution in [-0.2, 0) is 5.54 Å². The molecule has 0 bridgehead atoms. The quantitative estimate of drug-likeness (QED) is 0.588. The zero-order valence-electron chi connectivity index (χ0n) is 8.00. The van der Waals surface area contributed by atoms with Crippen LogP contribution in [0.2, 0.25) is 0 Å². The zero-order valence-corrected chi connectivity index (χ0v) is 8.82. The number of rotatable bonds is 1. The second-order valence-electron chi connectivity index (χ2n) is 4.61. The highest BCUT2D eigenvalue weighted by atomic mass is 32.1. The predicted octanol–water partition coefficient (Wildman–Crippen LogP) is 2.67. The maximum Gasteiger partial charge on any atom is 0.225 e. The Bertz CT molecular complexity index is 278. The van der Waals surface area contributed by atoms with Gasteiger partial charge in [-0.3, -0.25) is 0 Å². The van der Waals surface area contributed by atoms with Gasteiger partial charge < -0.3 is 0 Å². The Labute approximate surface area is 78.1 Å².